The topological polar surface area (TPSA) is 125 Å². The second kappa shape index (κ2) is 4.18. The number of anilines is 1. The number of carboxylic acid groups (broad SMARTS) is 1. The maximum atomic E-state index is 11.8. The Balaban J connectivity index is 2.27. The molecule has 2 rings (SSSR count). The van der Waals surface area contributed by atoms with E-state index in [1.807, 2.05) is 0 Å². The Hall–Kier alpha value is -2.29. The number of carboxylic acids is 1. The Morgan fingerprint density at radius 1 is 1.50 bits per heavy atom. The van der Waals surface area contributed by atoms with Crippen molar-refractivity contribution in [3.8, 4) is 0 Å². The van der Waals surface area contributed by atoms with E-state index in [4.69, 9.17) is 9.52 Å². The number of aromatic amines is 1. The molecule has 0 amide bonds. The smallest absolute Gasteiger partial charge is 0.371 e. The first kappa shape index (κ1) is 12.2. The Kier molecular flexibility index (Phi) is 2.83. The van der Waals surface area contributed by atoms with Gasteiger partial charge in [-0.3, -0.25) is 9.82 Å². The number of hydrogen-bond donors (Lipinski definition) is 3. The van der Waals surface area contributed by atoms with Crippen molar-refractivity contribution in [1.29, 1.82) is 0 Å². The summed E-state index contributed by atoms with van der Waals surface area (Å²) in [5.74, 6) is -1.69. The summed E-state index contributed by atoms with van der Waals surface area (Å²) in [5, 5.41) is 14.4. The fraction of sp³-hybridized carbons (Fsp3) is 0.111. The van der Waals surface area contributed by atoms with E-state index in [-0.39, 0.29) is 5.82 Å². The van der Waals surface area contributed by atoms with Crippen molar-refractivity contribution in [1.82, 2.24) is 10.2 Å². The molecule has 0 unspecified atom stereocenters. The number of sulfonamides is 1. The van der Waals surface area contributed by atoms with Crippen molar-refractivity contribution < 1.29 is 22.7 Å². The molecule has 0 saturated carbocycles. The van der Waals surface area contributed by atoms with Crippen molar-refractivity contribution in [2.75, 3.05) is 4.72 Å². The molecular weight excluding hydrogens is 262 g/mol. The summed E-state index contributed by atoms with van der Waals surface area (Å²) in [6.07, 6.45) is 0. The molecule has 2 aromatic rings. The van der Waals surface area contributed by atoms with Crippen LogP contribution in [-0.2, 0) is 10.0 Å². The number of nitrogens with one attached hydrogen (secondary N) is 2. The predicted octanol–water partition coefficient (Wildman–Crippen LogP) is 0.810. The van der Waals surface area contributed by atoms with E-state index in [2.05, 4.69) is 14.9 Å². The zero-order valence-electron chi connectivity index (χ0n) is 9.17. The molecule has 2 heterocycles. The summed E-state index contributed by atoms with van der Waals surface area (Å²) < 4.78 is 30.4. The van der Waals surface area contributed by atoms with Crippen LogP contribution in [0.15, 0.2) is 27.7 Å². The van der Waals surface area contributed by atoms with Crippen LogP contribution < -0.4 is 4.72 Å². The highest BCUT2D eigenvalue weighted by Crippen LogP contribution is 2.17. The molecule has 18 heavy (non-hydrogen) atoms. The highest BCUT2D eigenvalue weighted by atomic mass is 32.2. The summed E-state index contributed by atoms with van der Waals surface area (Å²) in [6, 6.07) is 3.61. The Morgan fingerprint density at radius 3 is 2.72 bits per heavy atom. The van der Waals surface area contributed by atoms with Crippen LogP contribution in [0.1, 0.15) is 16.2 Å². The van der Waals surface area contributed by atoms with Gasteiger partial charge in [0, 0.05) is 11.8 Å². The number of furan rings is 1. The third-order valence-corrected chi connectivity index (χ3v) is 3.23. The van der Waals surface area contributed by atoms with Crippen molar-refractivity contribution >= 4 is 21.8 Å². The minimum Gasteiger partial charge on any atom is -0.475 e. The maximum Gasteiger partial charge on any atom is 0.371 e. The highest BCUT2D eigenvalue weighted by Gasteiger charge is 2.21. The predicted molar refractivity (Wildman–Crippen MR) is 59.8 cm³/mol. The third-order valence-electron chi connectivity index (χ3n) is 2.00. The van der Waals surface area contributed by atoms with Gasteiger partial charge in [0.25, 0.3) is 10.0 Å². The van der Waals surface area contributed by atoms with Gasteiger partial charge in [0.2, 0.25) is 10.9 Å². The number of H-pyrrole nitrogens is 1. The van der Waals surface area contributed by atoms with E-state index in [0.717, 1.165) is 12.1 Å². The van der Waals surface area contributed by atoms with E-state index in [0.29, 0.717) is 5.69 Å². The number of aromatic nitrogens is 2. The Bertz CT molecular complexity index is 685. The van der Waals surface area contributed by atoms with Gasteiger partial charge in [-0.25, -0.2) is 4.79 Å². The fourth-order valence-corrected chi connectivity index (χ4v) is 2.16. The maximum absolute atomic E-state index is 11.8. The van der Waals surface area contributed by atoms with Crippen LogP contribution >= 0.6 is 0 Å². The molecule has 0 bridgehead atoms. The molecule has 0 aliphatic carbocycles. The fourth-order valence-electron chi connectivity index (χ4n) is 1.24. The molecule has 9 heteroatoms. The molecule has 2 aromatic heterocycles. The molecule has 0 atom stereocenters. The molecule has 3 N–H and O–H groups in total. The highest BCUT2D eigenvalue weighted by molar-refractivity contribution is 7.92. The second-order valence-electron chi connectivity index (χ2n) is 3.47. The first-order chi connectivity index (χ1) is 8.38. The van der Waals surface area contributed by atoms with Gasteiger partial charge < -0.3 is 9.52 Å². The molecule has 0 saturated heterocycles. The molecular formula is C9H9N3O5S. The average molecular weight is 271 g/mol. The van der Waals surface area contributed by atoms with E-state index >= 15 is 0 Å². The van der Waals surface area contributed by atoms with Gasteiger partial charge in [-0.2, -0.15) is 13.5 Å². The number of carbonyl (C=O) groups is 1. The SMILES string of the molecule is Cc1cc(NS(=O)(=O)c2ccc(C(=O)O)o2)n[nH]1. The third kappa shape index (κ3) is 2.35. The van der Waals surface area contributed by atoms with Crippen molar-refractivity contribution in [2.24, 2.45) is 0 Å². The lowest BCUT2D eigenvalue weighted by atomic mass is 10.5. The van der Waals surface area contributed by atoms with Crippen LogP contribution in [0.2, 0.25) is 0 Å². The van der Waals surface area contributed by atoms with Gasteiger partial charge in [0.15, 0.2) is 5.82 Å². The summed E-state index contributed by atoms with van der Waals surface area (Å²) >= 11 is 0. The normalized spacial score (nSPS) is 11.4. The first-order valence-electron chi connectivity index (χ1n) is 4.76. The number of aromatic carboxylic acids is 1. The summed E-state index contributed by atoms with van der Waals surface area (Å²) in [4.78, 5) is 10.6. The van der Waals surface area contributed by atoms with Crippen molar-refractivity contribution in [2.45, 2.75) is 12.0 Å². The van der Waals surface area contributed by atoms with Crippen LogP contribution in [0.5, 0.6) is 0 Å². The molecule has 0 fully saturated rings. The van der Waals surface area contributed by atoms with Gasteiger partial charge in [-0.1, -0.05) is 0 Å². The number of rotatable bonds is 4. The Labute approximate surface area is 102 Å². The van der Waals surface area contributed by atoms with Crippen LogP contribution in [-0.4, -0.2) is 29.7 Å². The Morgan fingerprint density at radius 2 is 2.22 bits per heavy atom. The quantitative estimate of drug-likeness (QED) is 0.755. The van der Waals surface area contributed by atoms with E-state index < -0.39 is 26.8 Å². The van der Waals surface area contributed by atoms with E-state index in [1.165, 1.54) is 6.07 Å². The van der Waals surface area contributed by atoms with Gasteiger partial charge in [0.1, 0.15) is 0 Å². The number of hydrogen-bond acceptors (Lipinski definition) is 5. The molecule has 96 valence electrons. The first-order valence-corrected chi connectivity index (χ1v) is 6.25. The number of nitrogens with zero attached hydrogens (tertiary/aromatic N) is 1. The van der Waals surface area contributed by atoms with Gasteiger partial charge in [-0.15, -0.1) is 0 Å². The molecule has 0 aromatic carbocycles. The van der Waals surface area contributed by atoms with Gasteiger partial charge in [-0.05, 0) is 19.1 Å². The lowest BCUT2D eigenvalue weighted by Crippen LogP contribution is -2.12. The van der Waals surface area contributed by atoms with E-state index in [1.54, 1.807) is 6.92 Å². The largest absolute Gasteiger partial charge is 0.475 e. The standard InChI is InChI=1S/C9H9N3O5S/c1-5-4-7(11-10-5)12-18(15,16)8-3-2-6(17-8)9(13)14/h2-4H,1H3,(H,13,14)(H2,10,11,12). The molecule has 0 aliphatic rings. The van der Waals surface area contributed by atoms with Crippen LogP contribution in [0.25, 0.3) is 0 Å². The lowest BCUT2D eigenvalue weighted by Gasteiger charge is -2.00. The zero-order chi connectivity index (χ0) is 13.3. The van der Waals surface area contributed by atoms with Crippen LogP contribution in [0.4, 0.5) is 5.82 Å². The zero-order valence-corrected chi connectivity index (χ0v) is 9.98. The minimum atomic E-state index is -3.98. The van der Waals surface area contributed by atoms with Crippen LogP contribution in [0, 0.1) is 6.92 Å². The van der Waals surface area contributed by atoms with Gasteiger partial charge >= 0.3 is 5.97 Å². The van der Waals surface area contributed by atoms with E-state index in [9.17, 15) is 13.2 Å². The molecule has 8 nitrogen and oxygen atoms in total. The summed E-state index contributed by atoms with van der Waals surface area (Å²) in [5.41, 5.74) is 0.679. The van der Waals surface area contributed by atoms with Crippen molar-refractivity contribution in [3.63, 3.8) is 0 Å². The van der Waals surface area contributed by atoms with Crippen LogP contribution in [0.3, 0.4) is 0 Å². The molecule has 0 aliphatic heterocycles. The van der Waals surface area contributed by atoms with Gasteiger partial charge in [0.05, 0.1) is 0 Å². The monoisotopic (exact) mass is 271 g/mol. The second-order valence-corrected chi connectivity index (χ2v) is 5.08. The summed E-state index contributed by atoms with van der Waals surface area (Å²) in [6.45, 7) is 1.71. The molecule has 0 spiro atoms. The summed E-state index contributed by atoms with van der Waals surface area (Å²) in [7, 11) is -3.98. The lowest BCUT2D eigenvalue weighted by molar-refractivity contribution is 0.0656. The minimum absolute atomic E-state index is 0.0979. The molecule has 0 radical (unpaired) electrons. The van der Waals surface area contributed by atoms with Crippen molar-refractivity contribution in [3.05, 3.63) is 29.7 Å². The number of aryl methyl sites for hydroxylation is 1. The average Bonchev–Trinajstić information content (AvgIpc) is 2.86.